The molecule has 12 heavy (non-hydrogen) atoms. The van der Waals surface area contributed by atoms with E-state index in [2.05, 4.69) is 0 Å². The van der Waals surface area contributed by atoms with Crippen LogP contribution >= 0.6 is 0 Å². The van der Waals surface area contributed by atoms with Crippen molar-refractivity contribution in [3.05, 3.63) is 0 Å². The number of hydrogen-bond acceptors (Lipinski definition) is 3. The Labute approximate surface area is 73.0 Å². The first-order chi connectivity index (χ1) is 5.85. The number of ether oxygens (including phenoxy) is 3. The Kier molecular flexibility index (Phi) is 2.35. The molecule has 70 valence electrons. The molecule has 2 unspecified atom stereocenters. The molecule has 2 rings (SSSR count). The minimum Gasteiger partial charge on any atom is -0.373 e. The van der Waals surface area contributed by atoms with Crippen LogP contribution in [0.1, 0.15) is 25.7 Å². The van der Waals surface area contributed by atoms with Gasteiger partial charge in [0, 0.05) is 20.0 Å². The van der Waals surface area contributed by atoms with Crippen LogP contribution in [0.15, 0.2) is 0 Å². The zero-order valence-electron chi connectivity index (χ0n) is 7.54. The number of rotatable bonds is 3. The Hall–Kier alpha value is -0.120. The predicted molar refractivity (Wildman–Crippen MR) is 43.9 cm³/mol. The third-order valence-electron chi connectivity index (χ3n) is 2.63. The van der Waals surface area contributed by atoms with Crippen molar-refractivity contribution in [3.63, 3.8) is 0 Å². The molecule has 0 aliphatic carbocycles. The van der Waals surface area contributed by atoms with E-state index in [1.807, 2.05) is 0 Å². The van der Waals surface area contributed by atoms with Crippen LogP contribution in [-0.4, -0.2) is 32.2 Å². The minimum absolute atomic E-state index is 0.320. The third kappa shape index (κ3) is 1.79. The van der Waals surface area contributed by atoms with E-state index in [9.17, 15) is 0 Å². The molecule has 0 saturated carbocycles. The summed E-state index contributed by atoms with van der Waals surface area (Å²) in [5.41, 5.74) is 0. The highest BCUT2D eigenvalue weighted by atomic mass is 16.7. The van der Waals surface area contributed by atoms with Crippen molar-refractivity contribution in [2.75, 3.05) is 20.3 Å². The summed E-state index contributed by atoms with van der Waals surface area (Å²) in [6.07, 6.45) is 4.69. The van der Waals surface area contributed by atoms with Crippen LogP contribution in [-0.2, 0) is 14.2 Å². The van der Waals surface area contributed by atoms with Crippen LogP contribution in [0.2, 0.25) is 0 Å². The highest BCUT2D eigenvalue weighted by Gasteiger charge is 2.40. The molecule has 0 N–H and O–H groups in total. The maximum Gasteiger partial charge on any atom is 0.170 e. The quantitative estimate of drug-likeness (QED) is 0.601. The molecule has 0 aromatic rings. The Morgan fingerprint density at radius 3 is 2.83 bits per heavy atom. The van der Waals surface area contributed by atoms with Gasteiger partial charge in [0.05, 0.1) is 19.3 Å². The topological polar surface area (TPSA) is 31.0 Å². The van der Waals surface area contributed by atoms with Gasteiger partial charge in [0.2, 0.25) is 0 Å². The maximum absolute atomic E-state index is 5.66. The monoisotopic (exact) mass is 172 g/mol. The lowest BCUT2D eigenvalue weighted by Gasteiger charge is -2.35. The lowest BCUT2D eigenvalue weighted by Crippen LogP contribution is -2.39. The van der Waals surface area contributed by atoms with Crippen molar-refractivity contribution < 1.29 is 14.2 Å². The Morgan fingerprint density at radius 2 is 2.33 bits per heavy atom. The van der Waals surface area contributed by atoms with Crippen molar-refractivity contribution in [1.29, 1.82) is 0 Å². The number of methoxy groups -OCH3 is 1. The normalized spacial score (nSPS) is 41.2. The second kappa shape index (κ2) is 3.32. The van der Waals surface area contributed by atoms with E-state index in [1.165, 1.54) is 6.42 Å². The van der Waals surface area contributed by atoms with Gasteiger partial charge in [0.25, 0.3) is 0 Å². The molecule has 3 nitrogen and oxygen atoms in total. The zero-order valence-corrected chi connectivity index (χ0v) is 7.54. The molecule has 2 atom stereocenters. The summed E-state index contributed by atoms with van der Waals surface area (Å²) in [4.78, 5) is 0. The molecule has 2 aliphatic heterocycles. The molecule has 0 amide bonds. The van der Waals surface area contributed by atoms with Gasteiger partial charge in [-0.2, -0.15) is 0 Å². The van der Waals surface area contributed by atoms with E-state index in [1.54, 1.807) is 7.11 Å². The molecule has 2 saturated heterocycles. The van der Waals surface area contributed by atoms with Gasteiger partial charge >= 0.3 is 0 Å². The second-order valence-corrected chi connectivity index (χ2v) is 3.58. The van der Waals surface area contributed by atoms with Crippen molar-refractivity contribution in [2.45, 2.75) is 37.6 Å². The van der Waals surface area contributed by atoms with Crippen LogP contribution in [0.5, 0.6) is 0 Å². The van der Waals surface area contributed by atoms with E-state index >= 15 is 0 Å². The fourth-order valence-electron chi connectivity index (χ4n) is 1.76. The molecular weight excluding hydrogens is 156 g/mol. The van der Waals surface area contributed by atoms with Gasteiger partial charge in [0.15, 0.2) is 5.79 Å². The summed E-state index contributed by atoms with van der Waals surface area (Å²) < 4.78 is 16.3. The fraction of sp³-hybridized carbons (Fsp3) is 1.00. The molecule has 3 heteroatoms. The van der Waals surface area contributed by atoms with Gasteiger partial charge in [-0.05, 0) is 12.8 Å². The summed E-state index contributed by atoms with van der Waals surface area (Å²) in [5.74, 6) is -0.320. The first kappa shape index (κ1) is 8.48. The van der Waals surface area contributed by atoms with Gasteiger partial charge in [-0.1, -0.05) is 0 Å². The Balaban J connectivity index is 1.90. The first-order valence-corrected chi connectivity index (χ1v) is 4.65. The van der Waals surface area contributed by atoms with E-state index in [0.29, 0.717) is 6.10 Å². The molecule has 0 radical (unpaired) electrons. The molecule has 2 fully saturated rings. The van der Waals surface area contributed by atoms with E-state index in [0.717, 1.165) is 32.5 Å². The van der Waals surface area contributed by atoms with E-state index < -0.39 is 0 Å². The lowest BCUT2D eigenvalue weighted by molar-refractivity contribution is -0.247. The van der Waals surface area contributed by atoms with E-state index in [4.69, 9.17) is 14.2 Å². The second-order valence-electron chi connectivity index (χ2n) is 3.58. The SMILES string of the molecule is COC1(CC2CO2)CCCCO1. The number of epoxide rings is 1. The van der Waals surface area contributed by atoms with Crippen LogP contribution in [0, 0.1) is 0 Å². The number of hydrogen-bond donors (Lipinski definition) is 0. The van der Waals surface area contributed by atoms with Crippen molar-refractivity contribution in [2.24, 2.45) is 0 Å². The zero-order chi connectivity index (χ0) is 8.44. The van der Waals surface area contributed by atoms with Gasteiger partial charge in [-0.25, -0.2) is 0 Å². The van der Waals surface area contributed by atoms with Gasteiger partial charge in [-0.15, -0.1) is 0 Å². The summed E-state index contributed by atoms with van der Waals surface area (Å²) in [6.45, 7) is 1.72. The van der Waals surface area contributed by atoms with Gasteiger partial charge in [-0.3, -0.25) is 0 Å². The molecule has 2 heterocycles. The smallest absolute Gasteiger partial charge is 0.170 e. The minimum atomic E-state index is -0.320. The van der Waals surface area contributed by atoms with Crippen LogP contribution in [0.3, 0.4) is 0 Å². The van der Waals surface area contributed by atoms with E-state index in [-0.39, 0.29) is 5.79 Å². The highest BCUT2D eigenvalue weighted by molar-refractivity contribution is 4.82. The van der Waals surface area contributed by atoms with Crippen LogP contribution in [0.4, 0.5) is 0 Å². The lowest BCUT2D eigenvalue weighted by atomic mass is 10.0. The molecule has 2 aliphatic rings. The highest BCUT2D eigenvalue weighted by Crippen LogP contribution is 2.33. The first-order valence-electron chi connectivity index (χ1n) is 4.65. The molecule has 0 aromatic heterocycles. The summed E-state index contributed by atoms with van der Waals surface area (Å²) in [7, 11) is 1.73. The van der Waals surface area contributed by atoms with Crippen molar-refractivity contribution in [1.82, 2.24) is 0 Å². The fourth-order valence-corrected chi connectivity index (χ4v) is 1.76. The van der Waals surface area contributed by atoms with Gasteiger partial charge < -0.3 is 14.2 Å². The summed E-state index contributed by atoms with van der Waals surface area (Å²) in [6, 6.07) is 0. The van der Waals surface area contributed by atoms with Crippen molar-refractivity contribution in [3.8, 4) is 0 Å². The molecule has 0 bridgehead atoms. The molecule has 0 aromatic carbocycles. The van der Waals surface area contributed by atoms with Crippen molar-refractivity contribution >= 4 is 0 Å². The predicted octanol–water partition coefficient (Wildman–Crippen LogP) is 1.32. The Morgan fingerprint density at radius 1 is 1.50 bits per heavy atom. The van der Waals surface area contributed by atoms with Gasteiger partial charge in [0.1, 0.15) is 0 Å². The maximum atomic E-state index is 5.66. The van der Waals surface area contributed by atoms with Crippen LogP contribution in [0.25, 0.3) is 0 Å². The average Bonchev–Trinajstić information content (AvgIpc) is 2.90. The molecule has 0 spiro atoms. The summed E-state index contributed by atoms with van der Waals surface area (Å²) >= 11 is 0. The van der Waals surface area contributed by atoms with Crippen LogP contribution < -0.4 is 0 Å². The standard InChI is InChI=1S/C9H16O3/c1-10-9(6-8-7-11-8)4-2-3-5-12-9/h8H,2-7H2,1H3. The summed E-state index contributed by atoms with van der Waals surface area (Å²) in [5, 5.41) is 0. The largest absolute Gasteiger partial charge is 0.373 e. The third-order valence-corrected chi connectivity index (χ3v) is 2.63. The molecular formula is C9H16O3. The Bertz CT molecular complexity index is 148. The average molecular weight is 172 g/mol.